The van der Waals surface area contributed by atoms with Crippen molar-refractivity contribution in [2.45, 2.75) is 38.0 Å². The van der Waals surface area contributed by atoms with Crippen LogP contribution in [0.25, 0.3) is 0 Å². The molecule has 1 aliphatic rings. The maximum absolute atomic E-state index is 12.5. The first-order chi connectivity index (χ1) is 13.6. The van der Waals surface area contributed by atoms with Gasteiger partial charge in [0.05, 0.1) is 23.8 Å². The van der Waals surface area contributed by atoms with Gasteiger partial charge in [0.25, 0.3) is 15.9 Å². The predicted octanol–water partition coefficient (Wildman–Crippen LogP) is 2.21. The van der Waals surface area contributed by atoms with Gasteiger partial charge in [-0.2, -0.15) is 0 Å². The number of nitrogens with one attached hydrogen (secondary N) is 2. The molecule has 2 aromatic rings. The van der Waals surface area contributed by atoms with E-state index < -0.39 is 15.9 Å². The maximum Gasteiger partial charge on any atom is 0.278 e. The van der Waals surface area contributed by atoms with Crippen molar-refractivity contribution in [1.82, 2.24) is 15.2 Å². The van der Waals surface area contributed by atoms with Crippen LogP contribution in [0.5, 0.6) is 0 Å². The SMILES string of the molecule is Cc1nc(N2CCOCC2)sc1C(=O)NNS(=O)(=O)c1ccc(C(C)(C)C)cc1. The fraction of sp³-hybridized carbons (Fsp3) is 0.474. The molecule has 0 spiro atoms. The zero-order chi connectivity index (χ0) is 21.2. The third-order valence-electron chi connectivity index (χ3n) is 4.60. The van der Waals surface area contributed by atoms with Gasteiger partial charge in [-0.15, -0.1) is 4.83 Å². The van der Waals surface area contributed by atoms with Crippen LogP contribution in [-0.2, 0) is 20.2 Å². The molecule has 1 aromatic carbocycles. The minimum atomic E-state index is -3.88. The summed E-state index contributed by atoms with van der Waals surface area (Å²) in [5.74, 6) is -0.533. The second-order valence-electron chi connectivity index (χ2n) is 7.84. The summed E-state index contributed by atoms with van der Waals surface area (Å²) in [6.45, 7) is 10.6. The van der Waals surface area contributed by atoms with Crippen LogP contribution in [0.1, 0.15) is 41.7 Å². The Morgan fingerprint density at radius 3 is 2.38 bits per heavy atom. The number of aryl methyl sites for hydroxylation is 1. The van der Waals surface area contributed by atoms with E-state index in [4.69, 9.17) is 4.74 Å². The Labute approximate surface area is 175 Å². The average Bonchev–Trinajstić information content (AvgIpc) is 3.08. The Morgan fingerprint density at radius 2 is 1.79 bits per heavy atom. The van der Waals surface area contributed by atoms with E-state index in [-0.39, 0.29) is 10.3 Å². The van der Waals surface area contributed by atoms with Crippen molar-refractivity contribution in [2.75, 3.05) is 31.2 Å². The number of nitrogens with zero attached hydrogens (tertiary/aromatic N) is 2. The normalized spacial score (nSPS) is 15.4. The van der Waals surface area contributed by atoms with Crippen LogP contribution in [-0.4, -0.2) is 45.6 Å². The number of amides is 1. The number of benzene rings is 1. The van der Waals surface area contributed by atoms with E-state index in [1.54, 1.807) is 19.1 Å². The first-order valence-corrected chi connectivity index (χ1v) is 11.6. The Morgan fingerprint density at radius 1 is 1.17 bits per heavy atom. The quantitative estimate of drug-likeness (QED) is 0.694. The lowest BCUT2D eigenvalue weighted by Crippen LogP contribution is -2.41. The van der Waals surface area contributed by atoms with Gasteiger partial charge in [0.2, 0.25) is 0 Å². The largest absolute Gasteiger partial charge is 0.378 e. The highest BCUT2D eigenvalue weighted by atomic mass is 32.2. The van der Waals surface area contributed by atoms with Gasteiger partial charge in [0.1, 0.15) is 4.88 Å². The van der Waals surface area contributed by atoms with E-state index in [0.717, 1.165) is 10.7 Å². The van der Waals surface area contributed by atoms with Crippen molar-refractivity contribution in [3.8, 4) is 0 Å². The molecule has 0 saturated carbocycles. The van der Waals surface area contributed by atoms with Gasteiger partial charge >= 0.3 is 0 Å². The highest BCUT2D eigenvalue weighted by Crippen LogP contribution is 2.27. The fourth-order valence-electron chi connectivity index (χ4n) is 2.85. The lowest BCUT2D eigenvalue weighted by molar-refractivity contribution is 0.0948. The summed E-state index contributed by atoms with van der Waals surface area (Å²) in [5.41, 5.74) is 3.79. The zero-order valence-electron chi connectivity index (χ0n) is 17.0. The maximum atomic E-state index is 12.5. The molecule has 8 nitrogen and oxygen atoms in total. The monoisotopic (exact) mass is 438 g/mol. The lowest BCUT2D eigenvalue weighted by Gasteiger charge is -2.25. The topological polar surface area (TPSA) is 101 Å². The first kappa shape index (κ1) is 21.7. The third kappa shape index (κ3) is 5.13. The van der Waals surface area contributed by atoms with Crippen molar-refractivity contribution < 1.29 is 17.9 Å². The molecular formula is C19H26N4O4S2. The van der Waals surface area contributed by atoms with Gasteiger partial charge in [0, 0.05) is 13.1 Å². The summed E-state index contributed by atoms with van der Waals surface area (Å²) >= 11 is 1.24. The fourth-order valence-corrected chi connectivity index (χ4v) is 4.70. The van der Waals surface area contributed by atoms with Crippen LogP contribution >= 0.6 is 11.3 Å². The molecule has 3 rings (SSSR count). The Kier molecular flexibility index (Phi) is 6.27. The van der Waals surface area contributed by atoms with Crippen molar-refractivity contribution in [2.24, 2.45) is 0 Å². The van der Waals surface area contributed by atoms with Crippen LogP contribution in [0.3, 0.4) is 0 Å². The molecule has 158 valence electrons. The number of morpholine rings is 1. The third-order valence-corrected chi connectivity index (χ3v) is 7.08. The van der Waals surface area contributed by atoms with Gasteiger partial charge in [-0.1, -0.05) is 44.2 Å². The molecular weight excluding hydrogens is 412 g/mol. The molecule has 2 heterocycles. The first-order valence-electron chi connectivity index (χ1n) is 9.31. The van der Waals surface area contributed by atoms with Crippen LogP contribution in [0, 0.1) is 6.92 Å². The molecule has 0 atom stereocenters. The summed E-state index contributed by atoms with van der Waals surface area (Å²) in [6.07, 6.45) is 0. The van der Waals surface area contributed by atoms with Crippen LogP contribution < -0.4 is 15.2 Å². The highest BCUT2D eigenvalue weighted by Gasteiger charge is 2.22. The van der Waals surface area contributed by atoms with Crippen LogP contribution in [0.4, 0.5) is 5.13 Å². The van der Waals surface area contributed by atoms with Gasteiger partial charge in [0.15, 0.2) is 5.13 Å². The number of hydrazine groups is 1. The minimum Gasteiger partial charge on any atom is -0.378 e. The van der Waals surface area contributed by atoms with Gasteiger partial charge in [-0.3, -0.25) is 10.2 Å². The summed E-state index contributed by atoms with van der Waals surface area (Å²) in [4.78, 5) is 21.6. The van der Waals surface area contributed by atoms with Gasteiger partial charge in [-0.25, -0.2) is 13.4 Å². The number of aromatic nitrogens is 1. The van der Waals surface area contributed by atoms with E-state index in [0.29, 0.717) is 36.9 Å². The number of hydrogen-bond acceptors (Lipinski definition) is 7. The second-order valence-corrected chi connectivity index (χ2v) is 10.5. The second kappa shape index (κ2) is 8.39. The molecule has 2 N–H and O–H groups in total. The zero-order valence-corrected chi connectivity index (χ0v) is 18.6. The number of rotatable bonds is 5. The number of hydrogen-bond donors (Lipinski definition) is 2. The van der Waals surface area contributed by atoms with Crippen molar-refractivity contribution in [3.63, 3.8) is 0 Å². The summed E-state index contributed by atoms with van der Waals surface area (Å²) in [6, 6.07) is 6.61. The molecule has 0 unspecified atom stereocenters. The molecule has 1 aromatic heterocycles. The predicted molar refractivity (Wildman–Crippen MR) is 113 cm³/mol. The van der Waals surface area contributed by atoms with E-state index in [9.17, 15) is 13.2 Å². The summed E-state index contributed by atoms with van der Waals surface area (Å²) in [7, 11) is -3.88. The smallest absolute Gasteiger partial charge is 0.278 e. The number of carbonyl (C=O) groups is 1. The molecule has 1 saturated heterocycles. The Hall–Kier alpha value is -2.01. The molecule has 0 bridgehead atoms. The summed E-state index contributed by atoms with van der Waals surface area (Å²) < 4.78 is 30.3. The number of anilines is 1. The molecule has 10 heteroatoms. The lowest BCUT2D eigenvalue weighted by atomic mass is 9.87. The average molecular weight is 439 g/mol. The van der Waals surface area contributed by atoms with E-state index in [1.807, 2.05) is 0 Å². The molecule has 1 fully saturated rings. The molecule has 0 radical (unpaired) electrons. The summed E-state index contributed by atoms with van der Waals surface area (Å²) in [5, 5.41) is 0.733. The van der Waals surface area contributed by atoms with Crippen LogP contribution in [0.2, 0.25) is 0 Å². The van der Waals surface area contributed by atoms with E-state index in [2.05, 4.69) is 40.9 Å². The number of carbonyl (C=O) groups excluding carboxylic acids is 1. The number of thiazole rings is 1. The number of sulfonamides is 1. The Bertz CT molecular complexity index is 973. The van der Waals surface area contributed by atoms with E-state index in [1.165, 1.54) is 23.5 Å². The van der Waals surface area contributed by atoms with Crippen molar-refractivity contribution in [1.29, 1.82) is 0 Å². The molecule has 0 aliphatic carbocycles. The molecule has 29 heavy (non-hydrogen) atoms. The molecule has 1 amide bonds. The number of ether oxygens (including phenoxy) is 1. The van der Waals surface area contributed by atoms with Crippen molar-refractivity contribution >= 4 is 32.4 Å². The minimum absolute atomic E-state index is 0.0776. The highest BCUT2D eigenvalue weighted by molar-refractivity contribution is 7.89. The van der Waals surface area contributed by atoms with Crippen molar-refractivity contribution in [3.05, 3.63) is 40.4 Å². The molecule has 1 aliphatic heterocycles. The Balaban J connectivity index is 1.67. The van der Waals surface area contributed by atoms with Gasteiger partial charge in [-0.05, 0) is 30.0 Å². The van der Waals surface area contributed by atoms with Gasteiger partial charge < -0.3 is 9.64 Å². The van der Waals surface area contributed by atoms with E-state index >= 15 is 0 Å². The standard InChI is InChI=1S/C19H26N4O4S2/c1-13-16(28-18(20-13)23-9-11-27-12-10-23)17(24)21-22-29(25,26)15-7-5-14(6-8-15)19(2,3)4/h5-8,22H,9-12H2,1-4H3,(H,21,24). The van der Waals surface area contributed by atoms with Crippen LogP contribution in [0.15, 0.2) is 29.2 Å².